The van der Waals surface area contributed by atoms with Gasteiger partial charge in [0.15, 0.2) is 0 Å². The third-order valence-corrected chi connectivity index (χ3v) is 5.41. The van der Waals surface area contributed by atoms with E-state index in [2.05, 4.69) is 34.6 Å². The van der Waals surface area contributed by atoms with Crippen LogP contribution < -0.4 is 9.54 Å². The van der Waals surface area contributed by atoms with E-state index in [-0.39, 0.29) is 0 Å². The molecule has 0 saturated carbocycles. The van der Waals surface area contributed by atoms with Crippen LogP contribution in [0.25, 0.3) is 11.3 Å². The zero-order valence-corrected chi connectivity index (χ0v) is 17.5. The van der Waals surface area contributed by atoms with Crippen LogP contribution in [-0.4, -0.2) is 29.5 Å². The molecule has 150 valence electrons. The highest BCUT2D eigenvalue weighted by molar-refractivity contribution is 7.07. The van der Waals surface area contributed by atoms with Gasteiger partial charge < -0.3 is 4.74 Å². The summed E-state index contributed by atoms with van der Waals surface area (Å²) >= 11 is 1.57. The monoisotopic (exact) mass is 414 g/mol. The highest BCUT2D eigenvalue weighted by Gasteiger charge is 2.12. The zero-order chi connectivity index (χ0) is 20.6. The SMILES string of the molecule is COc1ccccc1-c1csc(=NCCc2ccccc2)n1N=Cc1ccccn1. The maximum absolute atomic E-state index is 5.56. The number of rotatable bonds is 7. The van der Waals surface area contributed by atoms with E-state index in [4.69, 9.17) is 14.8 Å². The number of ether oxygens (including phenoxy) is 1. The second kappa shape index (κ2) is 9.80. The molecule has 0 aliphatic heterocycles. The third-order valence-electron chi connectivity index (χ3n) is 4.55. The number of aromatic nitrogens is 2. The van der Waals surface area contributed by atoms with Gasteiger partial charge >= 0.3 is 0 Å². The number of benzene rings is 2. The lowest BCUT2D eigenvalue weighted by Gasteiger charge is -2.08. The van der Waals surface area contributed by atoms with E-state index in [9.17, 15) is 0 Å². The number of hydrogen-bond donors (Lipinski definition) is 0. The van der Waals surface area contributed by atoms with Crippen molar-refractivity contribution in [2.45, 2.75) is 6.42 Å². The highest BCUT2D eigenvalue weighted by atomic mass is 32.1. The van der Waals surface area contributed by atoms with E-state index in [1.54, 1.807) is 30.9 Å². The zero-order valence-electron chi connectivity index (χ0n) is 16.7. The maximum Gasteiger partial charge on any atom is 0.206 e. The van der Waals surface area contributed by atoms with Crippen LogP contribution in [-0.2, 0) is 6.42 Å². The van der Waals surface area contributed by atoms with Crippen LogP contribution in [0.15, 0.2) is 94.5 Å². The van der Waals surface area contributed by atoms with Gasteiger partial charge in [-0.05, 0) is 36.2 Å². The van der Waals surface area contributed by atoms with Crippen molar-refractivity contribution >= 4 is 17.6 Å². The Hall–Kier alpha value is -3.51. The topological polar surface area (TPSA) is 51.8 Å². The first-order chi connectivity index (χ1) is 14.8. The molecule has 0 unspecified atom stereocenters. The molecule has 2 aromatic carbocycles. The average molecular weight is 415 g/mol. The van der Waals surface area contributed by atoms with Crippen LogP contribution >= 0.6 is 11.3 Å². The van der Waals surface area contributed by atoms with Gasteiger partial charge in [-0.1, -0.05) is 48.5 Å². The molecular weight excluding hydrogens is 392 g/mol. The van der Waals surface area contributed by atoms with Gasteiger partial charge in [0.2, 0.25) is 4.80 Å². The summed E-state index contributed by atoms with van der Waals surface area (Å²) in [4.78, 5) is 9.99. The first-order valence-corrected chi connectivity index (χ1v) is 10.6. The summed E-state index contributed by atoms with van der Waals surface area (Å²) in [5.74, 6) is 0.799. The Morgan fingerprint density at radius 2 is 1.80 bits per heavy atom. The third kappa shape index (κ3) is 4.72. The number of nitrogens with zero attached hydrogens (tertiary/aromatic N) is 4. The Balaban J connectivity index is 1.71. The number of para-hydroxylation sites is 1. The summed E-state index contributed by atoms with van der Waals surface area (Å²) in [6.45, 7) is 0.689. The Labute approximate surface area is 179 Å². The molecule has 0 spiro atoms. The number of pyridine rings is 1. The van der Waals surface area contributed by atoms with Crippen molar-refractivity contribution in [2.24, 2.45) is 10.1 Å². The first kappa shape index (κ1) is 19.8. The van der Waals surface area contributed by atoms with E-state index < -0.39 is 0 Å². The lowest BCUT2D eigenvalue weighted by atomic mass is 10.1. The van der Waals surface area contributed by atoms with E-state index in [0.717, 1.165) is 33.9 Å². The molecule has 0 fully saturated rings. The number of hydrogen-bond acceptors (Lipinski definition) is 5. The molecule has 4 rings (SSSR count). The molecule has 0 amide bonds. The van der Waals surface area contributed by atoms with Crippen molar-refractivity contribution in [1.82, 2.24) is 9.66 Å². The predicted molar refractivity (Wildman–Crippen MR) is 122 cm³/mol. The Kier molecular flexibility index (Phi) is 6.47. The van der Waals surface area contributed by atoms with Crippen LogP contribution in [0.2, 0.25) is 0 Å². The summed E-state index contributed by atoms with van der Waals surface area (Å²) in [7, 11) is 1.68. The first-order valence-electron chi connectivity index (χ1n) is 9.69. The van der Waals surface area contributed by atoms with Crippen molar-refractivity contribution in [1.29, 1.82) is 0 Å². The molecule has 30 heavy (non-hydrogen) atoms. The average Bonchev–Trinajstić information content (AvgIpc) is 3.21. The van der Waals surface area contributed by atoms with Crippen molar-refractivity contribution in [3.63, 3.8) is 0 Å². The molecule has 5 nitrogen and oxygen atoms in total. The molecule has 0 bridgehead atoms. The van der Waals surface area contributed by atoms with Gasteiger partial charge in [-0.15, -0.1) is 11.3 Å². The fraction of sp³-hybridized carbons (Fsp3) is 0.125. The summed E-state index contributed by atoms with van der Waals surface area (Å²) < 4.78 is 7.43. The lowest BCUT2D eigenvalue weighted by molar-refractivity contribution is 0.416. The molecule has 4 aromatic rings. The molecule has 6 heteroatoms. The second-order valence-electron chi connectivity index (χ2n) is 6.53. The minimum atomic E-state index is 0.689. The Morgan fingerprint density at radius 3 is 2.60 bits per heavy atom. The number of methoxy groups -OCH3 is 1. The van der Waals surface area contributed by atoms with Crippen molar-refractivity contribution in [3.05, 3.63) is 100 Å². The van der Waals surface area contributed by atoms with Crippen LogP contribution in [0.3, 0.4) is 0 Å². The minimum absolute atomic E-state index is 0.689. The molecule has 0 saturated heterocycles. The largest absolute Gasteiger partial charge is 0.496 e. The Bertz CT molecular complexity index is 1180. The molecule has 2 heterocycles. The summed E-state index contributed by atoms with van der Waals surface area (Å²) in [5, 5.41) is 6.77. The summed E-state index contributed by atoms with van der Waals surface area (Å²) in [6.07, 6.45) is 4.39. The quantitative estimate of drug-likeness (QED) is 0.414. The second-order valence-corrected chi connectivity index (χ2v) is 7.37. The fourth-order valence-electron chi connectivity index (χ4n) is 3.06. The maximum atomic E-state index is 5.56. The van der Waals surface area contributed by atoms with Crippen molar-refractivity contribution in [2.75, 3.05) is 13.7 Å². The van der Waals surface area contributed by atoms with Crippen molar-refractivity contribution < 1.29 is 4.74 Å². The van der Waals surface area contributed by atoms with Gasteiger partial charge in [0.25, 0.3) is 0 Å². The van der Waals surface area contributed by atoms with Crippen LogP contribution in [0.4, 0.5) is 0 Å². The van der Waals surface area contributed by atoms with E-state index in [0.29, 0.717) is 6.54 Å². The fourth-order valence-corrected chi connectivity index (χ4v) is 3.91. The standard InChI is InChI=1S/C24H22N4OS/c1-29-23-13-6-5-12-21(23)22-18-30-24(26-16-14-19-9-3-2-4-10-19)28(22)27-17-20-11-7-8-15-25-20/h2-13,15,17-18H,14,16H2,1H3. The van der Waals surface area contributed by atoms with Crippen molar-refractivity contribution in [3.8, 4) is 17.0 Å². The number of thiazole rings is 1. The smallest absolute Gasteiger partial charge is 0.206 e. The minimum Gasteiger partial charge on any atom is -0.496 e. The molecule has 0 atom stereocenters. The molecular formula is C24H22N4OS. The predicted octanol–water partition coefficient (Wildman–Crippen LogP) is 4.65. The molecule has 2 aromatic heterocycles. The van der Waals surface area contributed by atoms with Gasteiger partial charge in [0, 0.05) is 23.7 Å². The van der Waals surface area contributed by atoms with E-state index >= 15 is 0 Å². The summed E-state index contributed by atoms with van der Waals surface area (Å²) in [6, 6.07) is 24.1. The highest BCUT2D eigenvalue weighted by Crippen LogP contribution is 2.29. The summed E-state index contributed by atoms with van der Waals surface area (Å²) in [5.41, 5.74) is 3.96. The van der Waals surface area contributed by atoms with Crippen LogP contribution in [0, 0.1) is 0 Å². The normalized spacial score (nSPS) is 11.8. The lowest BCUT2D eigenvalue weighted by Crippen LogP contribution is -2.13. The van der Waals surface area contributed by atoms with Crippen LogP contribution in [0.5, 0.6) is 5.75 Å². The molecule has 0 N–H and O–H groups in total. The molecule has 0 aliphatic carbocycles. The van der Waals surface area contributed by atoms with Gasteiger partial charge in [0.1, 0.15) is 5.75 Å². The molecule has 0 aliphatic rings. The Morgan fingerprint density at radius 1 is 1.00 bits per heavy atom. The van der Waals surface area contributed by atoms with Gasteiger partial charge in [0.05, 0.1) is 24.7 Å². The van der Waals surface area contributed by atoms with Crippen LogP contribution in [0.1, 0.15) is 11.3 Å². The van der Waals surface area contributed by atoms with Gasteiger partial charge in [-0.25, -0.2) is 4.68 Å². The van der Waals surface area contributed by atoms with Gasteiger partial charge in [-0.3, -0.25) is 9.98 Å². The van der Waals surface area contributed by atoms with Gasteiger partial charge in [-0.2, -0.15) is 5.10 Å². The molecule has 0 radical (unpaired) electrons. The van der Waals surface area contributed by atoms with E-state index in [1.807, 2.05) is 53.2 Å². The van der Waals surface area contributed by atoms with E-state index in [1.165, 1.54) is 5.56 Å².